The van der Waals surface area contributed by atoms with Crippen LogP contribution < -0.4 is 16.0 Å². The van der Waals surface area contributed by atoms with Crippen LogP contribution in [0, 0.1) is 5.82 Å². The predicted octanol–water partition coefficient (Wildman–Crippen LogP) is 4.11. The lowest BCUT2D eigenvalue weighted by Crippen LogP contribution is -2.30. The van der Waals surface area contributed by atoms with Crippen molar-refractivity contribution in [3.63, 3.8) is 0 Å². The molecule has 0 bridgehead atoms. The van der Waals surface area contributed by atoms with Gasteiger partial charge in [-0.15, -0.1) is 0 Å². The summed E-state index contributed by atoms with van der Waals surface area (Å²) in [7, 11) is 1.60. The number of halogens is 3. The highest BCUT2D eigenvalue weighted by Crippen LogP contribution is 2.31. The Morgan fingerprint density at radius 3 is 2.48 bits per heavy atom. The van der Waals surface area contributed by atoms with Crippen LogP contribution in [0.2, 0.25) is 0 Å². The zero-order valence-corrected chi connectivity index (χ0v) is 14.5. The fraction of sp³-hybridized carbons (Fsp3) is 0.200. The van der Waals surface area contributed by atoms with E-state index in [1.807, 2.05) is 24.3 Å². The molecule has 0 saturated carbocycles. The number of rotatable bonds is 5. The molecule has 2 rings (SSSR count). The van der Waals surface area contributed by atoms with Gasteiger partial charge < -0.3 is 4.74 Å². The molecule has 2 aromatic carbocycles. The lowest BCUT2D eigenvalue weighted by Gasteiger charge is -2.20. The molecule has 1 atom stereocenters. The van der Waals surface area contributed by atoms with E-state index in [0.29, 0.717) is 22.2 Å². The topological polar surface area (TPSA) is 47.3 Å². The summed E-state index contributed by atoms with van der Waals surface area (Å²) >= 11 is 6.65. The summed E-state index contributed by atoms with van der Waals surface area (Å²) in [5.74, 6) is 6.08. The zero-order chi connectivity index (χ0) is 15.4. The SMILES string of the molecule is COc1cc(Br)ccc1C(Cc1ccc(Br)cc1F)NN. The van der Waals surface area contributed by atoms with Crippen molar-refractivity contribution in [1.29, 1.82) is 0 Å². The minimum absolute atomic E-state index is 0.247. The first-order valence-corrected chi connectivity index (χ1v) is 7.87. The van der Waals surface area contributed by atoms with Crippen LogP contribution in [0.15, 0.2) is 45.3 Å². The van der Waals surface area contributed by atoms with Crippen LogP contribution in [0.1, 0.15) is 17.2 Å². The van der Waals surface area contributed by atoms with Gasteiger partial charge in [0.05, 0.1) is 13.2 Å². The van der Waals surface area contributed by atoms with E-state index in [9.17, 15) is 4.39 Å². The average Bonchev–Trinajstić information content (AvgIpc) is 2.47. The summed E-state index contributed by atoms with van der Waals surface area (Å²) in [5.41, 5.74) is 4.20. The van der Waals surface area contributed by atoms with Crippen molar-refractivity contribution in [3.05, 3.63) is 62.3 Å². The zero-order valence-electron chi connectivity index (χ0n) is 11.4. The second kappa shape index (κ2) is 7.35. The fourth-order valence-corrected chi connectivity index (χ4v) is 2.81. The Bertz CT molecular complexity index is 637. The van der Waals surface area contributed by atoms with Gasteiger partial charge >= 0.3 is 0 Å². The highest BCUT2D eigenvalue weighted by Gasteiger charge is 2.17. The van der Waals surface area contributed by atoms with E-state index in [1.54, 1.807) is 13.2 Å². The molecular weight excluding hydrogens is 403 g/mol. The molecule has 0 saturated heterocycles. The van der Waals surface area contributed by atoms with Crippen LogP contribution in [-0.2, 0) is 6.42 Å². The number of hydrazine groups is 1. The molecule has 0 amide bonds. The summed E-state index contributed by atoms with van der Waals surface area (Å²) in [6, 6.07) is 10.4. The third kappa shape index (κ3) is 4.03. The molecule has 0 heterocycles. The summed E-state index contributed by atoms with van der Waals surface area (Å²) in [6.07, 6.45) is 0.424. The second-order valence-corrected chi connectivity index (χ2v) is 6.38. The Hall–Kier alpha value is -0.950. The van der Waals surface area contributed by atoms with Gasteiger partial charge in [-0.1, -0.05) is 44.0 Å². The molecule has 0 aliphatic rings. The molecule has 0 radical (unpaired) electrons. The van der Waals surface area contributed by atoms with Crippen molar-refractivity contribution in [3.8, 4) is 5.75 Å². The number of ether oxygens (including phenoxy) is 1. The molecule has 0 aromatic heterocycles. The molecule has 3 N–H and O–H groups in total. The third-order valence-corrected chi connectivity index (χ3v) is 4.20. The lowest BCUT2D eigenvalue weighted by molar-refractivity contribution is 0.398. The van der Waals surface area contributed by atoms with E-state index >= 15 is 0 Å². The normalized spacial score (nSPS) is 12.2. The average molecular weight is 418 g/mol. The minimum Gasteiger partial charge on any atom is -0.496 e. The standard InChI is InChI=1S/C15H15Br2FN2O/c1-21-15-8-11(17)4-5-12(15)14(20-19)6-9-2-3-10(16)7-13(9)18/h2-5,7-8,14,20H,6,19H2,1H3. The largest absolute Gasteiger partial charge is 0.496 e. The molecule has 0 fully saturated rings. The van der Waals surface area contributed by atoms with E-state index in [-0.39, 0.29) is 11.9 Å². The first-order valence-electron chi connectivity index (χ1n) is 6.28. The quantitative estimate of drug-likeness (QED) is 0.568. The molecule has 2 aromatic rings. The second-order valence-electron chi connectivity index (χ2n) is 4.55. The maximum absolute atomic E-state index is 14.0. The molecule has 0 aliphatic heterocycles. The van der Waals surface area contributed by atoms with E-state index < -0.39 is 0 Å². The predicted molar refractivity (Wildman–Crippen MR) is 88.6 cm³/mol. The van der Waals surface area contributed by atoms with Gasteiger partial charge in [-0.3, -0.25) is 11.3 Å². The monoisotopic (exact) mass is 416 g/mol. The van der Waals surface area contributed by atoms with Gasteiger partial charge in [0, 0.05) is 14.5 Å². The number of hydrogen-bond acceptors (Lipinski definition) is 3. The Morgan fingerprint density at radius 2 is 1.86 bits per heavy atom. The van der Waals surface area contributed by atoms with Gasteiger partial charge in [-0.05, 0) is 36.2 Å². The van der Waals surface area contributed by atoms with Crippen molar-refractivity contribution < 1.29 is 9.13 Å². The summed E-state index contributed by atoms with van der Waals surface area (Å²) in [5, 5.41) is 0. The van der Waals surface area contributed by atoms with Crippen molar-refractivity contribution in [2.45, 2.75) is 12.5 Å². The van der Waals surface area contributed by atoms with Gasteiger partial charge in [0.15, 0.2) is 0 Å². The molecule has 6 heteroatoms. The Balaban J connectivity index is 2.32. The van der Waals surface area contributed by atoms with E-state index in [1.165, 1.54) is 6.07 Å². The number of nitrogens with two attached hydrogens (primary N) is 1. The van der Waals surface area contributed by atoms with Crippen molar-refractivity contribution in [1.82, 2.24) is 5.43 Å². The van der Waals surface area contributed by atoms with Gasteiger partial charge in [0.1, 0.15) is 11.6 Å². The Morgan fingerprint density at radius 1 is 1.19 bits per heavy atom. The lowest BCUT2D eigenvalue weighted by atomic mass is 9.98. The van der Waals surface area contributed by atoms with Crippen molar-refractivity contribution >= 4 is 31.9 Å². The van der Waals surface area contributed by atoms with Crippen LogP contribution in [-0.4, -0.2) is 7.11 Å². The van der Waals surface area contributed by atoms with E-state index in [0.717, 1.165) is 10.0 Å². The smallest absolute Gasteiger partial charge is 0.127 e. The maximum atomic E-state index is 14.0. The minimum atomic E-state index is -0.263. The molecule has 112 valence electrons. The molecular formula is C15H15Br2FN2O. The van der Waals surface area contributed by atoms with E-state index in [4.69, 9.17) is 10.6 Å². The van der Waals surface area contributed by atoms with Crippen molar-refractivity contribution in [2.75, 3.05) is 7.11 Å². The highest BCUT2D eigenvalue weighted by atomic mass is 79.9. The number of methoxy groups -OCH3 is 1. The molecule has 3 nitrogen and oxygen atoms in total. The Kier molecular flexibility index (Phi) is 5.75. The molecule has 1 unspecified atom stereocenters. The Labute approximate surface area is 139 Å². The van der Waals surface area contributed by atoms with Crippen LogP contribution in [0.4, 0.5) is 4.39 Å². The number of benzene rings is 2. The third-order valence-electron chi connectivity index (χ3n) is 3.21. The highest BCUT2D eigenvalue weighted by molar-refractivity contribution is 9.10. The van der Waals surface area contributed by atoms with Gasteiger partial charge in [0.2, 0.25) is 0 Å². The number of nitrogens with one attached hydrogen (secondary N) is 1. The van der Waals surface area contributed by atoms with Gasteiger partial charge in [-0.25, -0.2) is 4.39 Å². The summed E-state index contributed by atoms with van der Waals surface area (Å²) in [6.45, 7) is 0. The maximum Gasteiger partial charge on any atom is 0.127 e. The molecule has 0 aliphatic carbocycles. The molecule has 21 heavy (non-hydrogen) atoms. The number of hydrogen-bond donors (Lipinski definition) is 2. The van der Waals surface area contributed by atoms with E-state index in [2.05, 4.69) is 37.3 Å². The summed E-state index contributed by atoms with van der Waals surface area (Å²) < 4.78 is 21.0. The fourth-order valence-electron chi connectivity index (χ4n) is 2.14. The first kappa shape index (κ1) is 16.4. The van der Waals surface area contributed by atoms with Crippen LogP contribution >= 0.6 is 31.9 Å². The van der Waals surface area contributed by atoms with Gasteiger partial charge in [0.25, 0.3) is 0 Å². The van der Waals surface area contributed by atoms with Crippen molar-refractivity contribution in [2.24, 2.45) is 5.84 Å². The van der Waals surface area contributed by atoms with Crippen LogP contribution in [0.3, 0.4) is 0 Å². The summed E-state index contributed by atoms with van der Waals surface area (Å²) in [4.78, 5) is 0. The van der Waals surface area contributed by atoms with Crippen LogP contribution in [0.25, 0.3) is 0 Å². The van der Waals surface area contributed by atoms with Gasteiger partial charge in [-0.2, -0.15) is 0 Å². The van der Waals surface area contributed by atoms with Crippen LogP contribution in [0.5, 0.6) is 5.75 Å². The first-order chi connectivity index (χ1) is 10.0. The molecule has 0 spiro atoms.